The summed E-state index contributed by atoms with van der Waals surface area (Å²) in [6, 6.07) is 0. The van der Waals surface area contributed by atoms with Gasteiger partial charge in [0.05, 0.1) is 6.20 Å². The zero-order chi connectivity index (χ0) is 8.93. The van der Waals surface area contributed by atoms with Gasteiger partial charge < -0.3 is 10.6 Å². The predicted octanol–water partition coefficient (Wildman–Crippen LogP) is 0.920. The molecule has 14 heavy (non-hydrogen) atoms. The molecule has 0 spiro atoms. The molecule has 4 nitrogen and oxygen atoms in total. The monoisotopic (exact) mass is 214 g/mol. The smallest absolute Gasteiger partial charge is 0.144 e. The number of anilines is 1. The number of hydrogen-bond acceptors (Lipinski definition) is 4. The molecule has 1 aromatic heterocycles. The Balaban J connectivity index is 0.000000980. The van der Waals surface area contributed by atoms with Crippen LogP contribution < -0.4 is 10.6 Å². The number of halogens is 1. The Morgan fingerprint density at radius 1 is 1.50 bits per heavy atom. The molecule has 2 N–H and O–H groups in total. The molecule has 1 atom stereocenters. The topological polar surface area (TPSA) is 49.8 Å². The molecule has 2 rings (SSSR count). The van der Waals surface area contributed by atoms with Crippen molar-refractivity contribution in [3.8, 4) is 0 Å². The molecule has 5 heteroatoms. The molecule has 1 saturated heterocycles. The summed E-state index contributed by atoms with van der Waals surface area (Å²) in [5.74, 6) is 1.61. The molecule has 1 unspecified atom stereocenters. The Bertz CT molecular complexity index is 248. The molecule has 0 aliphatic carbocycles. The number of aromatic nitrogens is 2. The summed E-state index contributed by atoms with van der Waals surface area (Å²) in [4.78, 5) is 8.13. The van der Waals surface area contributed by atoms with Gasteiger partial charge in [0.1, 0.15) is 5.82 Å². The third-order valence-corrected chi connectivity index (χ3v) is 2.30. The summed E-state index contributed by atoms with van der Waals surface area (Å²) >= 11 is 0. The maximum atomic E-state index is 4.15. The van der Waals surface area contributed by atoms with Crippen LogP contribution in [0.2, 0.25) is 0 Å². The highest BCUT2D eigenvalue weighted by Gasteiger charge is 2.13. The van der Waals surface area contributed by atoms with E-state index in [-0.39, 0.29) is 12.4 Å². The summed E-state index contributed by atoms with van der Waals surface area (Å²) in [5, 5.41) is 6.61. The first-order chi connectivity index (χ1) is 6.45. The summed E-state index contributed by atoms with van der Waals surface area (Å²) < 4.78 is 0. The van der Waals surface area contributed by atoms with E-state index in [9.17, 15) is 0 Å². The van der Waals surface area contributed by atoms with Crippen molar-refractivity contribution in [1.29, 1.82) is 0 Å². The standard InChI is InChI=1S/C9H14N4.ClH/c1-2-10-5-8(1)6-13-9-7-11-3-4-12-9;/h3-4,7-8,10H,1-2,5-6H2,(H,12,13);1H. The third-order valence-electron chi connectivity index (χ3n) is 2.30. The molecular weight excluding hydrogens is 200 g/mol. The second-order valence-electron chi connectivity index (χ2n) is 3.33. The lowest BCUT2D eigenvalue weighted by atomic mass is 10.1. The van der Waals surface area contributed by atoms with E-state index >= 15 is 0 Å². The van der Waals surface area contributed by atoms with Crippen molar-refractivity contribution in [1.82, 2.24) is 15.3 Å². The molecule has 1 fully saturated rings. The quantitative estimate of drug-likeness (QED) is 0.786. The Morgan fingerprint density at radius 3 is 3.07 bits per heavy atom. The van der Waals surface area contributed by atoms with Gasteiger partial charge in [-0.05, 0) is 25.4 Å². The predicted molar refractivity (Wildman–Crippen MR) is 58.7 cm³/mol. The van der Waals surface area contributed by atoms with Crippen LogP contribution in [0.1, 0.15) is 6.42 Å². The van der Waals surface area contributed by atoms with Crippen LogP contribution in [-0.4, -0.2) is 29.6 Å². The fraction of sp³-hybridized carbons (Fsp3) is 0.556. The zero-order valence-corrected chi connectivity index (χ0v) is 8.76. The van der Waals surface area contributed by atoms with Gasteiger partial charge in [-0.3, -0.25) is 4.98 Å². The van der Waals surface area contributed by atoms with Crippen molar-refractivity contribution in [3.63, 3.8) is 0 Å². The van der Waals surface area contributed by atoms with Gasteiger partial charge in [0, 0.05) is 18.9 Å². The molecule has 0 aromatic carbocycles. The molecule has 0 radical (unpaired) electrons. The maximum Gasteiger partial charge on any atom is 0.144 e. The van der Waals surface area contributed by atoms with Crippen LogP contribution >= 0.6 is 12.4 Å². The number of nitrogens with one attached hydrogen (secondary N) is 2. The summed E-state index contributed by atoms with van der Waals surface area (Å²) in [6.45, 7) is 3.26. The Labute approximate surface area is 89.9 Å². The minimum atomic E-state index is 0. The lowest BCUT2D eigenvalue weighted by Crippen LogP contribution is -2.17. The minimum Gasteiger partial charge on any atom is -0.368 e. The molecule has 1 aliphatic rings. The van der Waals surface area contributed by atoms with Gasteiger partial charge in [0.25, 0.3) is 0 Å². The second kappa shape index (κ2) is 5.78. The van der Waals surface area contributed by atoms with Crippen LogP contribution in [0, 0.1) is 5.92 Å². The second-order valence-corrected chi connectivity index (χ2v) is 3.33. The fourth-order valence-corrected chi connectivity index (χ4v) is 1.53. The van der Waals surface area contributed by atoms with Crippen LogP contribution in [-0.2, 0) is 0 Å². The first-order valence-corrected chi connectivity index (χ1v) is 4.66. The molecule has 78 valence electrons. The van der Waals surface area contributed by atoms with Gasteiger partial charge in [-0.2, -0.15) is 0 Å². The first kappa shape index (κ1) is 11.2. The van der Waals surface area contributed by atoms with Crippen molar-refractivity contribution in [3.05, 3.63) is 18.6 Å². The van der Waals surface area contributed by atoms with Crippen molar-refractivity contribution in [2.24, 2.45) is 5.92 Å². The summed E-state index contributed by atoms with van der Waals surface area (Å²) in [6.07, 6.45) is 6.40. The molecule has 0 bridgehead atoms. The molecule has 0 amide bonds. The van der Waals surface area contributed by atoms with Crippen LogP contribution in [0.3, 0.4) is 0 Å². The summed E-state index contributed by atoms with van der Waals surface area (Å²) in [7, 11) is 0. The highest BCUT2D eigenvalue weighted by Crippen LogP contribution is 2.08. The number of hydrogen-bond donors (Lipinski definition) is 2. The van der Waals surface area contributed by atoms with E-state index in [2.05, 4.69) is 20.6 Å². The van der Waals surface area contributed by atoms with Crippen molar-refractivity contribution in [2.45, 2.75) is 6.42 Å². The number of rotatable bonds is 3. The normalized spacial score (nSPS) is 20.1. The average Bonchev–Trinajstić information content (AvgIpc) is 2.69. The van der Waals surface area contributed by atoms with Gasteiger partial charge in [0.2, 0.25) is 0 Å². The number of nitrogens with zero attached hydrogens (tertiary/aromatic N) is 2. The third kappa shape index (κ3) is 3.12. The first-order valence-electron chi connectivity index (χ1n) is 4.66. The van der Waals surface area contributed by atoms with Crippen LogP contribution in [0.15, 0.2) is 18.6 Å². The lowest BCUT2D eigenvalue weighted by molar-refractivity contribution is 0.614. The highest BCUT2D eigenvalue weighted by molar-refractivity contribution is 5.85. The molecular formula is C9H15ClN4. The van der Waals surface area contributed by atoms with Gasteiger partial charge in [-0.1, -0.05) is 0 Å². The Kier molecular flexibility index (Phi) is 4.62. The van der Waals surface area contributed by atoms with Gasteiger partial charge in [-0.25, -0.2) is 4.98 Å². The molecule has 1 aliphatic heterocycles. The van der Waals surface area contributed by atoms with E-state index in [4.69, 9.17) is 0 Å². The Morgan fingerprint density at radius 2 is 2.43 bits per heavy atom. The van der Waals surface area contributed by atoms with E-state index < -0.39 is 0 Å². The van der Waals surface area contributed by atoms with E-state index in [1.807, 2.05) is 0 Å². The van der Waals surface area contributed by atoms with E-state index in [0.29, 0.717) is 0 Å². The van der Waals surface area contributed by atoms with Gasteiger partial charge in [0.15, 0.2) is 0 Å². The van der Waals surface area contributed by atoms with Crippen LogP contribution in [0.5, 0.6) is 0 Å². The SMILES string of the molecule is Cl.c1cnc(NCC2CCNC2)cn1. The minimum absolute atomic E-state index is 0. The largest absolute Gasteiger partial charge is 0.368 e. The van der Waals surface area contributed by atoms with E-state index in [1.165, 1.54) is 6.42 Å². The van der Waals surface area contributed by atoms with Crippen LogP contribution in [0.25, 0.3) is 0 Å². The van der Waals surface area contributed by atoms with Gasteiger partial charge >= 0.3 is 0 Å². The van der Waals surface area contributed by atoms with E-state index in [1.54, 1.807) is 18.6 Å². The lowest BCUT2D eigenvalue weighted by Gasteiger charge is -2.09. The zero-order valence-electron chi connectivity index (χ0n) is 7.94. The van der Waals surface area contributed by atoms with Crippen molar-refractivity contribution < 1.29 is 0 Å². The molecule has 1 aromatic rings. The average molecular weight is 215 g/mol. The van der Waals surface area contributed by atoms with Crippen molar-refractivity contribution >= 4 is 18.2 Å². The Hall–Kier alpha value is -0.870. The van der Waals surface area contributed by atoms with Crippen molar-refractivity contribution in [2.75, 3.05) is 25.0 Å². The fourth-order valence-electron chi connectivity index (χ4n) is 1.53. The maximum absolute atomic E-state index is 4.15. The van der Waals surface area contributed by atoms with Gasteiger partial charge in [-0.15, -0.1) is 12.4 Å². The highest BCUT2D eigenvalue weighted by atomic mass is 35.5. The molecule has 2 heterocycles. The van der Waals surface area contributed by atoms with Crippen LogP contribution in [0.4, 0.5) is 5.82 Å². The summed E-state index contributed by atoms with van der Waals surface area (Å²) in [5.41, 5.74) is 0. The van der Waals surface area contributed by atoms with E-state index in [0.717, 1.165) is 31.4 Å². The molecule has 0 saturated carbocycles.